The van der Waals surface area contributed by atoms with Crippen LogP contribution in [-0.4, -0.2) is 0 Å². The van der Waals surface area contributed by atoms with E-state index >= 15 is 0 Å². The van der Waals surface area contributed by atoms with E-state index in [1.807, 2.05) is 0 Å². The molecule has 4 heteroatoms. The SMILES string of the molecule is CCCCc1cc(F)c(C2CCC(C#Cc3ccc4c(F)c(F)ccc4c3)CC2)c(F)c1. The third-order valence-corrected chi connectivity index (χ3v) is 6.42. The molecular formula is C28H26F4. The molecule has 1 aliphatic rings. The molecule has 0 amide bonds. The number of fused-ring (bicyclic) bond motifs is 1. The van der Waals surface area contributed by atoms with Gasteiger partial charge in [-0.15, -0.1) is 0 Å². The van der Waals surface area contributed by atoms with Gasteiger partial charge in [-0.1, -0.05) is 37.3 Å². The largest absolute Gasteiger partial charge is 0.207 e. The van der Waals surface area contributed by atoms with Crippen molar-refractivity contribution in [2.75, 3.05) is 0 Å². The predicted molar refractivity (Wildman–Crippen MR) is 120 cm³/mol. The van der Waals surface area contributed by atoms with Crippen molar-refractivity contribution in [1.82, 2.24) is 0 Å². The molecule has 0 unspecified atom stereocenters. The van der Waals surface area contributed by atoms with Crippen LogP contribution in [0.3, 0.4) is 0 Å². The Morgan fingerprint density at radius 1 is 0.844 bits per heavy atom. The second-order valence-corrected chi connectivity index (χ2v) is 8.69. The average Bonchev–Trinajstić information content (AvgIpc) is 2.79. The normalized spacial score (nSPS) is 18.4. The lowest BCUT2D eigenvalue weighted by molar-refractivity contribution is 0.366. The number of rotatable bonds is 4. The first-order chi connectivity index (χ1) is 15.5. The summed E-state index contributed by atoms with van der Waals surface area (Å²) in [6, 6.07) is 10.6. The van der Waals surface area contributed by atoms with Crippen LogP contribution in [0.4, 0.5) is 17.6 Å². The Morgan fingerprint density at radius 2 is 1.56 bits per heavy atom. The highest BCUT2D eigenvalue weighted by Gasteiger charge is 2.26. The van der Waals surface area contributed by atoms with Gasteiger partial charge >= 0.3 is 0 Å². The van der Waals surface area contributed by atoms with Crippen molar-refractivity contribution >= 4 is 10.8 Å². The van der Waals surface area contributed by atoms with Gasteiger partial charge in [-0.25, -0.2) is 17.6 Å². The molecular weight excluding hydrogens is 412 g/mol. The number of hydrogen-bond donors (Lipinski definition) is 0. The summed E-state index contributed by atoms with van der Waals surface area (Å²) in [6.45, 7) is 2.06. The summed E-state index contributed by atoms with van der Waals surface area (Å²) in [5.41, 5.74) is 1.69. The maximum Gasteiger partial charge on any atom is 0.166 e. The first-order valence-corrected chi connectivity index (χ1v) is 11.3. The standard InChI is InChI=1S/C28H26F4/c1-2-3-4-20-16-25(30)27(26(31)17-20)21-10-7-18(8-11-21)5-6-19-9-13-23-22(15-19)12-14-24(29)28(23)32/h9,12-18,21H,2-4,7-8,10-11H2,1H3. The Morgan fingerprint density at radius 3 is 2.25 bits per heavy atom. The van der Waals surface area contributed by atoms with E-state index in [1.165, 1.54) is 12.1 Å². The molecule has 0 radical (unpaired) electrons. The van der Waals surface area contributed by atoms with Crippen LogP contribution in [0.1, 0.15) is 68.1 Å². The summed E-state index contributed by atoms with van der Waals surface area (Å²) >= 11 is 0. The molecule has 32 heavy (non-hydrogen) atoms. The molecule has 0 spiro atoms. The van der Waals surface area contributed by atoms with Gasteiger partial charge in [-0.05, 0) is 85.7 Å². The number of aryl methyl sites for hydroxylation is 1. The third-order valence-electron chi connectivity index (χ3n) is 6.42. The van der Waals surface area contributed by atoms with Crippen molar-refractivity contribution < 1.29 is 17.6 Å². The van der Waals surface area contributed by atoms with E-state index in [0.29, 0.717) is 24.6 Å². The van der Waals surface area contributed by atoms with E-state index in [0.717, 1.165) is 42.9 Å². The summed E-state index contributed by atoms with van der Waals surface area (Å²) in [6.07, 6.45) is 5.57. The predicted octanol–water partition coefficient (Wildman–Crippen LogP) is 8.06. The summed E-state index contributed by atoms with van der Waals surface area (Å²) in [5.74, 6) is 3.86. The summed E-state index contributed by atoms with van der Waals surface area (Å²) in [4.78, 5) is 0. The van der Waals surface area contributed by atoms with Crippen LogP contribution in [-0.2, 0) is 6.42 Å². The monoisotopic (exact) mass is 438 g/mol. The van der Waals surface area contributed by atoms with Crippen molar-refractivity contribution in [2.45, 2.75) is 57.8 Å². The smallest absolute Gasteiger partial charge is 0.166 e. The molecule has 4 rings (SSSR count). The van der Waals surface area contributed by atoms with Crippen LogP contribution in [0.2, 0.25) is 0 Å². The zero-order valence-electron chi connectivity index (χ0n) is 18.2. The molecule has 0 N–H and O–H groups in total. The van der Waals surface area contributed by atoms with Crippen molar-refractivity contribution in [3.8, 4) is 11.8 Å². The fraction of sp³-hybridized carbons (Fsp3) is 0.357. The van der Waals surface area contributed by atoms with Gasteiger partial charge in [0.25, 0.3) is 0 Å². The first kappa shape index (κ1) is 22.4. The van der Waals surface area contributed by atoms with Crippen LogP contribution in [0.15, 0.2) is 42.5 Å². The highest BCUT2D eigenvalue weighted by Crippen LogP contribution is 2.38. The Balaban J connectivity index is 1.43. The summed E-state index contributed by atoms with van der Waals surface area (Å²) < 4.78 is 56.5. The van der Waals surface area contributed by atoms with Crippen molar-refractivity contribution in [3.63, 3.8) is 0 Å². The Hall–Kier alpha value is -2.80. The molecule has 0 aliphatic heterocycles. The molecule has 0 nitrogen and oxygen atoms in total. The topological polar surface area (TPSA) is 0 Å². The summed E-state index contributed by atoms with van der Waals surface area (Å²) in [5, 5.41) is 0.841. The molecule has 1 saturated carbocycles. The number of unbranched alkanes of at least 4 members (excludes halogenated alkanes) is 1. The van der Waals surface area contributed by atoms with Gasteiger partial charge in [0.05, 0.1) is 0 Å². The van der Waals surface area contributed by atoms with E-state index in [1.54, 1.807) is 24.3 Å². The molecule has 0 bridgehead atoms. The molecule has 3 aromatic carbocycles. The fourth-order valence-electron chi connectivity index (χ4n) is 4.61. The molecule has 0 atom stereocenters. The quantitative estimate of drug-likeness (QED) is 0.285. The lowest BCUT2D eigenvalue weighted by Gasteiger charge is -2.26. The highest BCUT2D eigenvalue weighted by atomic mass is 19.2. The first-order valence-electron chi connectivity index (χ1n) is 11.3. The minimum atomic E-state index is -0.864. The lowest BCUT2D eigenvalue weighted by Crippen LogP contribution is -2.15. The number of benzene rings is 3. The van der Waals surface area contributed by atoms with Gasteiger partial charge in [-0.3, -0.25) is 0 Å². The molecule has 166 valence electrons. The molecule has 1 aliphatic carbocycles. The van der Waals surface area contributed by atoms with Crippen molar-refractivity contribution in [3.05, 3.63) is 82.4 Å². The highest BCUT2D eigenvalue weighted by molar-refractivity contribution is 5.84. The van der Waals surface area contributed by atoms with Crippen molar-refractivity contribution in [1.29, 1.82) is 0 Å². The van der Waals surface area contributed by atoms with Crippen LogP contribution >= 0.6 is 0 Å². The van der Waals surface area contributed by atoms with Gasteiger partial charge in [0, 0.05) is 22.4 Å². The van der Waals surface area contributed by atoms with Gasteiger partial charge in [0.2, 0.25) is 0 Å². The van der Waals surface area contributed by atoms with Crippen LogP contribution in [0.25, 0.3) is 10.8 Å². The molecule has 3 aromatic rings. The average molecular weight is 439 g/mol. The third kappa shape index (κ3) is 4.83. The van der Waals surface area contributed by atoms with Gasteiger partial charge < -0.3 is 0 Å². The van der Waals surface area contributed by atoms with Gasteiger partial charge in [-0.2, -0.15) is 0 Å². The van der Waals surface area contributed by atoms with E-state index in [-0.39, 0.29) is 22.8 Å². The lowest BCUT2D eigenvalue weighted by atomic mass is 9.78. The summed E-state index contributed by atoms with van der Waals surface area (Å²) in [7, 11) is 0. The zero-order valence-corrected chi connectivity index (χ0v) is 18.2. The Kier molecular flexibility index (Phi) is 6.84. The van der Waals surface area contributed by atoms with Gasteiger partial charge in [0.1, 0.15) is 11.6 Å². The second kappa shape index (κ2) is 9.77. The number of hydrogen-bond acceptors (Lipinski definition) is 0. The van der Waals surface area contributed by atoms with Crippen LogP contribution in [0.5, 0.6) is 0 Å². The minimum Gasteiger partial charge on any atom is -0.207 e. The molecule has 0 aromatic heterocycles. The van der Waals surface area contributed by atoms with Crippen molar-refractivity contribution in [2.24, 2.45) is 5.92 Å². The minimum absolute atomic E-state index is 0.119. The van der Waals surface area contributed by atoms with E-state index in [4.69, 9.17) is 0 Å². The Bertz CT molecular complexity index is 1150. The second-order valence-electron chi connectivity index (χ2n) is 8.69. The van der Waals surface area contributed by atoms with Crippen LogP contribution in [0, 0.1) is 41.0 Å². The maximum atomic E-state index is 14.7. The van der Waals surface area contributed by atoms with Gasteiger partial charge in [0.15, 0.2) is 11.6 Å². The molecule has 0 saturated heterocycles. The molecule has 0 heterocycles. The number of halogens is 4. The van der Waals surface area contributed by atoms with E-state index in [2.05, 4.69) is 18.8 Å². The molecule has 1 fully saturated rings. The maximum absolute atomic E-state index is 14.7. The fourth-order valence-corrected chi connectivity index (χ4v) is 4.61. The Labute approximate surface area is 186 Å². The van der Waals surface area contributed by atoms with E-state index < -0.39 is 23.3 Å². The zero-order chi connectivity index (χ0) is 22.7. The van der Waals surface area contributed by atoms with E-state index in [9.17, 15) is 17.6 Å². The van der Waals surface area contributed by atoms with Crippen LogP contribution < -0.4 is 0 Å².